The van der Waals surface area contributed by atoms with E-state index < -0.39 is 6.54 Å². The summed E-state index contributed by atoms with van der Waals surface area (Å²) in [6.45, 7) is 2.30. The maximum absolute atomic E-state index is 12.2. The summed E-state index contributed by atoms with van der Waals surface area (Å²) in [5, 5.41) is 0. The van der Waals surface area contributed by atoms with E-state index in [1.807, 2.05) is 0 Å². The first-order valence-corrected chi connectivity index (χ1v) is 2.89. The van der Waals surface area contributed by atoms with E-state index in [9.17, 15) is 4.39 Å². The number of hydrogen-bond acceptors (Lipinski definition) is 2. The van der Waals surface area contributed by atoms with E-state index in [0.29, 0.717) is 18.8 Å². The molecular weight excluding hydrogens is 123 g/mol. The zero-order valence-electron chi connectivity index (χ0n) is 5.10. The van der Waals surface area contributed by atoms with Gasteiger partial charge < -0.3 is 9.47 Å². The molecular formula is C6H9FO2. The first-order chi connectivity index (χ1) is 4.29. The smallest absolute Gasteiger partial charge is 0.352 e. The van der Waals surface area contributed by atoms with Crippen LogP contribution < -0.4 is 0 Å². The zero-order valence-corrected chi connectivity index (χ0v) is 5.10. The molecule has 1 atom stereocenters. The lowest BCUT2D eigenvalue weighted by molar-refractivity contribution is -0.186. The second kappa shape index (κ2) is 2.82. The molecule has 0 aromatic heterocycles. The van der Waals surface area contributed by atoms with Gasteiger partial charge in [-0.05, 0) is 6.42 Å². The Morgan fingerprint density at radius 3 is 3.22 bits per heavy atom. The average molecular weight is 132 g/mol. The van der Waals surface area contributed by atoms with E-state index >= 15 is 0 Å². The molecule has 2 nitrogen and oxygen atoms in total. The molecule has 0 N–H and O–H groups in total. The quantitative estimate of drug-likeness (QED) is 0.498. The van der Waals surface area contributed by atoms with Crippen molar-refractivity contribution in [3.8, 4) is 0 Å². The molecule has 9 heavy (non-hydrogen) atoms. The molecule has 1 saturated heterocycles. The Morgan fingerprint density at radius 1 is 1.67 bits per heavy atom. The van der Waals surface area contributed by atoms with Gasteiger partial charge in [0.15, 0.2) is 0 Å². The van der Waals surface area contributed by atoms with Crippen LogP contribution in [0.3, 0.4) is 0 Å². The molecule has 0 aromatic carbocycles. The van der Waals surface area contributed by atoms with Gasteiger partial charge in [0.2, 0.25) is 0 Å². The Hall–Kier alpha value is -0.570. The van der Waals surface area contributed by atoms with Crippen molar-refractivity contribution < 1.29 is 13.9 Å². The SMILES string of the molecule is C=C1CCCOC(F)O1. The molecule has 1 aliphatic rings. The minimum absolute atomic E-state index is 0.417. The van der Waals surface area contributed by atoms with Crippen molar-refractivity contribution in [3.05, 3.63) is 12.3 Å². The third-order valence-electron chi connectivity index (χ3n) is 1.11. The minimum Gasteiger partial charge on any atom is -0.443 e. The van der Waals surface area contributed by atoms with Gasteiger partial charge in [0, 0.05) is 6.42 Å². The monoisotopic (exact) mass is 132 g/mol. The molecule has 1 unspecified atom stereocenters. The van der Waals surface area contributed by atoms with Crippen molar-refractivity contribution in [3.63, 3.8) is 0 Å². The van der Waals surface area contributed by atoms with Gasteiger partial charge in [0.1, 0.15) is 0 Å². The molecule has 0 amide bonds. The van der Waals surface area contributed by atoms with E-state index in [4.69, 9.17) is 0 Å². The predicted molar refractivity (Wildman–Crippen MR) is 30.3 cm³/mol. The van der Waals surface area contributed by atoms with Crippen molar-refractivity contribution in [2.45, 2.75) is 19.4 Å². The van der Waals surface area contributed by atoms with Gasteiger partial charge in [-0.1, -0.05) is 6.58 Å². The van der Waals surface area contributed by atoms with Gasteiger partial charge in [-0.3, -0.25) is 0 Å². The molecule has 0 radical (unpaired) electrons. The Bertz CT molecular complexity index is 114. The zero-order chi connectivity index (χ0) is 6.69. The fourth-order valence-electron chi connectivity index (χ4n) is 0.669. The summed E-state index contributed by atoms with van der Waals surface area (Å²) in [6.07, 6.45) is 1.49. The van der Waals surface area contributed by atoms with Gasteiger partial charge in [-0.2, -0.15) is 4.39 Å². The molecule has 0 aromatic rings. The predicted octanol–water partition coefficient (Wildman–Crippen LogP) is 1.58. The molecule has 3 heteroatoms. The number of allylic oxidation sites excluding steroid dienone is 1. The molecule has 0 saturated carbocycles. The molecule has 1 heterocycles. The number of ether oxygens (including phenoxy) is 2. The molecule has 52 valence electrons. The number of hydrogen-bond donors (Lipinski definition) is 0. The highest BCUT2D eigenvalue weighted by Crippen LogP contribution is 2.14. The van der Waals surface area contributed by atoms with Gasteiger partial charge in [0.25, 0.3) is 0 Å². The van der Waals surface area contributed by atoms with Crippen LogP contribution in [0.25, 0.3) is 0 Å². The summed E-state index contributed by atoms with van der Waals surface area (Å²) in [5.74, 6) is 0.472. The van der Waals surface area contributed by atoms with E-state index in [0.717, 1.165) is 6.42 Å². The number of alkyl halides is 1. The van der Waals surface area contributed by atoms with Gasteiger partial charge in [-0.25, -0.2) is 0 Å². The Labute approximate surface area is 53.3 Å². The standard InChI is InChI=1S/C6H9FO2/c1-5-3-2-4-8-6(7)9-5/h6H,1-4H2. The van der Waals surface area contributed by atoms with Crippen molar-refractivity contribution in [1.29, 1.82) is 0 Å². The molecule has 1 rings (SSSR count). The molecule has 0 spiro atoms. The molecule has 0 bridgehead atoms. The van der Waals surface area contributed by atoms with Crippen LogP contribution in [0.2, 0.25) is 0 Å². The summed E-state index contributed by atoms with van der Waals surface area (Å²) in [7, 11) is 0. The highest BCUT2D eigenvalue weighted by Gasteiger charge is 2.12. The normalized spacial score (nSPS) is 29.0. The average Bonchev–Trinajstić information content (AvgIpc) is 1.93. The second-order valence-corrected chi connectivity index (χ2v) is 1.91. The summed E-state index contributed by atoms with van der Waals surface area (Å²) in [5.41, 5.74) is 0. The van der Waals surface area contributed by atoms with Crippen molar-refractivity contribution in [1.82, 2.24) is 0 Å². The lowest BCUT2D eigenvalue weighted by atomic mass is 10.3. The molecule has 0 aliphatic carbocycles. The molecule has 1 aliphatic heterocycles. The lowest BCUT2D eigenvalue weighted by Crippen LogP contribution is -2.06. The van der Waals surface area contributed by atoms with Crippen LogP contribution >= 0.6 is 0 Å². The first-order valence-electron chi connectivity index (χ1n) is 2.89. The fraction of sp³-hybridized carbons (Fsp3) is 0.667. The van der Waals surface area contributed by atoms with Crippen molar-refractivity contribution >= 4 is 0 Å². The van der Waals surface area contributed by atoms with E-state index in [-0.39, 0.29) is 0 Å². The van der Waals surface area contributed by atoms with Gasteiger partial charge in [0.05, 0.1) is 12.4 Å². The van der Waals surface area contributed by atoms with E-state index in [1.54, 1.807) is 0 Å². The van der Waals surface area contributed by atoms with Crippen LogP contribution in [0.5, 0.6) is 0 Å². The van der Waals surface area contributed by atoms with Crippen LogP contribution in [-0.4, -0.2) is 13.2 Å². The Morgan fingerprint density at radius 2 is 2.44 bits per heavy atom. The maximum Gasteiger partial charge on any atom is 0.352 e. The molecule has 1 fully saturated rings. The maximum atomic E-state index is 12.2. The summed E-state index contributed by atoms with van der Waals surface area (Å²) < 4.78 is 21.2. The van der Waals surface area contributed by atoms with Gasteiger partial charge in [-0.15, -0.1) is 0 Å². The minimum atomic E-state index is -1.60. The largest absolute Gasteiger partial charge is 0.443 e. The highest BCUT2D eigenvalue weighted by molar-refractivity contribution is 4.82. The lowest BCUT2D eigenvalue weighted by Gasteiger charge is -2.06. The Kier molecular flexibility index (Phi) is 2.05. The number of rotatable bonds is 0. The third kappa shape index (κ3) is 2.01. The third-order valence-corrected chi connectivity index (χ3v) is 1.11. The van der Waals surface area contributed by atoms with Crippen LogP contribution in [0, 0.1) is 0 Å². The van der Waals surface area contributed by atoms with Crippen LogP contribution in [0.4, 0.5) is 4.39 Å². The summed E-state index contributed by atoms with van der Waals surface area (Å²) in [6, 6.07) is 0. The summed E-state index contributed by atoms with van der Waals surface area (Å²) in [4.78, 5) is 0. The van der Waals surface area contributed by atoms with Crippen LogP contribution in [0.1, 0.15) is 12.8 Å². The Balaban J connectivity index is 2.37. The fourth-order valence-corrected chi connectivity index (χ4v) is 0.669. The topological polar surface area (TPSA) is 18.5 Å². The summed E-state index contributed by atoms with van der Waals surface area (Å²) >= 11 is 0. The number of halogens is 1. The highest BCUT2D eigenvalue weighted by atomic mass is 19.2. The van der Waals surface area contributed by atoms with E-state index in [1.165, 1.54) is 0 Å². The first kappa shape index (κ1) is 6.55. The van der Waals surface area contributed by atoms with Crippen molar-refractivity contribution in [2.24, 2.45) is 0 Å². The van der Waals surface area contributed by atoms with Crippen LogP contribution in [-0.2, 0) is 9.47 Å². The van der Waals surface area contributed by atoms with Gasteiger partial charge >= 0.3 is 6.54 Å². The van der Waals surface area contributed by atoms with Crippen LogP contribution in [0.15, 0.2) is 12.3 Å². The second-order valence-electron chi connectivity index (χ2n) is 1.91. The van der Waals surface area contributed by atoms with E-state index in [2.05, 4.69) is 16.1 Å². The van der Waals surface area contributed by atoms with Crippen molar-refractivity contribution in [2.75, 3.05) is 6.61 Å².